The summed E-state index contributed by atoms with van der Waals surface area (Å²) in [6.45, 7) is 2.87. The van der Waals surface area contributed by atoms with Crippen molar-refractivity contribution in [1.82, 2.24) is 9.29 Å². The van der Waals surface area contributed by atoms with Crippen LogP contribution in [0.2, 0.25) is 0 Å². The highest BCUT2D eigenvalue weighted by Crippen LogP contribution is 2.31. The molecule has 0 aliphatic heterocycles. The Kier molecular flexibility index (Phi) is 5.55. The number of aliphatic hydroxyl groups excluding tert-OH is 1. The predicted molar refractivity (Wildman–Crippen MR) is 81.6 cm³/mol. The average molecular weight is 313 g/mol. The molecular formula is C14H23N3O3S. The second-order valence-corrected chi connectivity index (χ2v) is 6.97. The molecule has 0 spiro atoms. The van der Waals surface area contributed by atoms with Gasteiger partial charge < -0.3 is 10.4 Å². The number of hydrogen-bond acceptors (Lipinski definition) is 5. The maximum atomic E-state index is 12.9. The van der Waals surface area contributed by atoms with Gasteiger partial charge in [-0.25, -0.2) is 13.4 Å². The highest BCUT2D eigenvalue weighted by atomic mass is 32.2. The first kappa shape index (κ1) is 16.2. The number of aliphatic hydroxyl groups is 1. The van der Waals surface area contributed by atoms with Crippen LogP contribution >= 0.6 is 0 Å². The molecule has 0 unspecified atom stereocenters. The Labute approximate surface area is 126 Å². The number of sulfonamides is 1. The largest absolute Gasteiger partial charge is 0.396 e. The fourth-order valence-electron chi connectivity index (χ4n) is 2.43. The zero-order valence-corrected chi connectivity index (χ0v) is 13.1. The zero-order valence-electron chi connectivity index (χ0n) is 12.3. The minimum atomic E-state index is -3.64. The summed E-state index contributed by atoms with van der Waals surface area (Å²) >= 11 is 0. The highest BCUT2D eigenvalue weighted by Gasteiger charge is 2.36. The van der Waals surface area contributed by atoms with E-state index >= 15 is 0 Å². The van der Waals surface area contributed by atoms with Crippen LogP contribution < -0.4 is 5.32 Å². The van der Waals surface area contributed by atoms with Crippen molar-refractivity contribution in [2.24, 2.45) is 0 Å². The van der Waals surface area contributed by atoms with Gasteiger partial charge in [-0.1, -0.05) is 6.42 Å². The van der Waals surface area contributed by atoms with Crippen molar-refractivity contribution in [3.8, 4) is 0 Å². The number of anilines is 1. The van der Waals surface area contributed by atoms with Crippen molar-refractivity contribution in [3.05, 3.63) is 18.3 Å². The Balaban J connectivity index is 2.33. The number of nitrogens with zero attached hydrogens (tertiary/aromatic N) is 2. The summed E-state index contributed by atoms with van der Waals surface area (Å²) < 4.78 is 27.3. The first-order chi connectivity index (χ1) is 10.1. The van der Waals surface area contributed by atoms with Crippen LogP contribution in [0.4, 0.5) is 5.69 Å². The summed E-state index contributed by atoms with van der Waals surface area (Å²) in [4.78, 5) is 4.08. The Hall–Kier alpha value is -1.18. The van der Waals surface area contributed by atoms with Gasteiger partial charge in [-0.3, -0.25) is 0 Å². The van der Waals surface area contributed by atoms with Gasteiger partial charge in [0.25, 0.3) is 10.0 Å². The molecule has 0 atom stereocenters. The lowest BCUT2D eigenvalue weighted by Gasteiger charge is -2.36. The monoisotopic (exact) mass is 313 g/mol. The van der Waals surface area contributed by atoms with Crippen LogP contribution in [0.25, 0.3) is 0 Å². The van der Waals surface area contributed by atoms with Crippen LogP contribution in [0.3, 0.4) is 0 Å². The van der Waals surface area contributed by atoms with Crippen LogP contribution in [-0.2, 0) is 10.0 Å². The van der Waals surface area contributed by atoms with Crippen molar-refractivity contribution in [2.75, 3.05) is 25.0 Å². The molecule has 0 bridgehead atoms. The van der Waals surface area contributed by atoms with E-state index in [1.54, 1.807) is 12.1 Å². The molecule has 7 heteroatoms. The summed E-state index contributed by atoms with van der Waals surface area (Å²) in [7, 11) is -3.64. The first-order valence-electron chi connectivity index (χ1n) is 7.42. The molecule has 1 fully saturated rings. The number of pyridine rings is 1. The van der Waals surface area contributed by atoms with Crippen molar-refractivity contribution in [3.63, 3.8) is 0 Å². The van der Waals surface area contributed by atoms with E-state index in [4.69, 9.17) is 5.11 Å². The normalized spacial score (nSPS) is 16.0. The van der Waals surface area contributed by atoms with Crippen LogP contribution in [0.15, 0.2) is 23.4 Å². The minimum Gasteiger partial charge on any atom is -0.396 e. The van der Waals surface area contributed by atoms with Crippen LogP contribution in [-0.4, -0.2) is 48.6 Å². The second-order valence-electron chi connectivity index (χ2n) is 5.16. The van der Waals surface area contributed by atoms with Crippen molar-refractivity contribution in [2.45, 2.75) is 43.7 Å². The Morgan fingerprint density at radius 1 is 1.48 bits per heavy atom. The van der Waals surface area contributed by atoms with Gasteiger partial charge in [-0.15, -0.1) is 0 Å². The van der Waals surface area contributed by atoms with Gasteiger partial charge in [0, 0.05) is 31.9 Å². The number of hydrogen-bond donors (Lipinski definition) is 2. The third-order valence-corrected chi connectivity index (χ3v) is 5.62. The molecule has 6 nitrogen and oxygen atoms in total. The summed E-state index contributed by atoms with van der Waals surface area (Å²) in [6.07, 6.45) is 4.76. The quantitative estimate of drug-likeness (QED) is 0.759. The van der Waals surface area contributed by atoms with E-state index in [-0.39, 0.29) is 17.7 Å². The zero-order chi connectivity index (χ0) is 15.3. The number of aromatic nitrogens is 1. The van der Waals surface area contributed by atoms with Crippen molar-refractivity contribution in [1.29, 1.82) is 0 Å². The van der Waals surface area contributed by atoms with Gasteiger partial charge in [0.1, 0.15) is 0 Å². The van der Waals surface area contributed by atoms with E-state index < -0.39 is 10.0 Å². The van der Waals surface area contributed by atoms with Gasteiger partial charge in [-0.05, 0) is 38.3 Å². The minimum absolute atomic E-state index is 0.0129. The fraction of sp³-hybridized carbons (Fsp3) is 0.643. The third-order valence-electron chi connectivity index (χ3n) is 3.71. The van der Waals surface area contributed by atoms with E-state index in [1.165, 1.54) is 10.5 Å². The maximum absolute atomic E-state index is 12.9. The molecule has 2 rings (SSSR count). The van der Waals surface area contributed by atoms with E-state index in [1.807, 2.05) is 6.92 Å². The standard InChI is InChI=1S/C14H23N3O3S/c1-2-15-13-8-4-9-16-14(13)21(19,20)17(10-5-11-18)12-6-3-7-12/h4,8-9,12,15,18H,2-3,5-7,10-11H2,1H3. The molecule has 1 aromatic rings. The molecule has 0 radical (unpaired) electrons. The van der Waals surface area contributed by atoms with Gasteiger partial charge in [-0.2, -0.15) is 4.31 Å². The van der Waals surface area contributed by atoms with Crippen molar-refractivity contribution >= 4 is 15.7 Å². The molecule has 1 heterocycles. The highest BCUT2D eigenvalue weighted by molar-refractivity contribution is 7.89. The van der Waals surface area contributed by atoms with E-state index in [2.05, 4.69) is 10.3 Å². The van der Waals surface area contributed by atoms with Gasteiger partial charge >= 0.3 is 0 Å². The maximum Gasteiger partial charge on any atom is 0.262 e. The van der Waals surface area contributed by atoms with Crippen molar-refractivity contribution < 1.29 is 13.5 Å². The SMILES string of the molecule is CCNc1cccnc1S(=O)(=O)N(CCCO)C1CCC1. The molecule has 0 amide bonds. The number of nitrogens with one attached hydrogen (secondary N) is 1. The molecule has 1 aliphatic carbocycles. The van der Waals surface area contributed by atoms with Crippen LogP contribution in [0.1, 0.15) is 32.6 Å². The van der Waals surface area contributed by atoms with Gasteiger partial charge in [0.05, 0.1) is 5.69 Å². The molecule has 118 valence electrons. The van der Waals surface area contributed by atoms with E-state index in [0.29, 0.717) is 25.2 Å². The molecule has 2 N–H and O–H groups in total. The topological polar surface area (TPSA) is 82.5 Å². The fourth-order valence-corrected chi connectivity index (χ4v) is 4.24. The molecule has 1 aliphatic rings. The Bertz CT molecular complexity index is 558. The molecule has 1 aromatic heterocycles. The number of rotatable bonds is 8. The van der Waals surface area contributed by atoms with Gasteiger partial charge in [0.2, 0.25) is 0 Å². The lowest BCUT2D eigenvalue weighted by molar-refractivity contribution is 0.198. The summed E-state index contributed by atoms with van der Waals surface area (Å²) in [5.74, 6) is 0. The first-order valence-corrected chi connectivity index (χ1v) is 8.87. The summed E-state index contributed by atoms with van der Waals surface area (Å²) in [6, 6.07) is 3.49. The van der Waals surface area contributed by atoms with Crippen LogP contribution in [0.5, 0.6) is 0 Å². The lowest BCUT2D eigenvalue weighted by atomic mass is 9.93. The summed E-state index contributed by atoms with van der Waals surface area (Å²) in [5, 5.41) is 12.1. The van der Waals surface area contributed by atoms with Gasteiger partial charge in [0.15, 0.2) is 5.03 Å². The summed E-state index contributed by atoms with van der Waals surface area (Å²) in [5.41, 5.74) is 0.535. The Morgan fingerprint density at radius 3 is 2.81 bits per heavy atom. The van der Waals surface area contributed by atoms with E-state index in [0.717, 1.165) is 19.3 Å². The molecule has 1 saturated carbocycles. The molecule has 21 heavy (non-hydrogen) atoms. The van der Waals surface area contributed by atoms with Crippen LogP contribution in [0, 0.1) is 0 Å². The molecular weight excluding hydrogens is 290 g/mol. The predicted octanol–water partition coefficient (Wildman–Crippen LogP) is 1.44. The molecule has 0 saturated heterocycles. The molecule has 0 aromatic carbocycles. The smallest absolute Gasteiger partial charge is 0.262 e. The second kappa shape index (κ2) is 7.20. The lowest BCUT2D eigenvalue weighted by Crippen LogP contribution is -2.45. The Morgan fingerprint density at radius 2 is 2.24 bits per heavy atom. The average Bonchev–Trinajstić information content (AvgIpc) is 2.42. The third kappa shape index (κ3) is 3.53. The van der Waals surface area contributed by atoms with E-state index in [9.17, 15) is 8.42 Å².